The summed E-state index contributed by atoms with van der Waals surface area (Å²) in [7, 11) is 0. The van der Waals surface area contributed by atoms with Crippen LogP contribution in [-0.4, -0.2) is 36.3 Å². The van der Waals surface area contributed by atoms with E-state index >= 15 is 0 Å². The number of nitrogens with two attached hydrogens (primary N) is 1. The van der Waals surface area contributed by atoms with Crippen LogP contribution in [0, 0.1) is 0 Å². The molecule has 4 heteroatoms. The first-order valence-electron chi connectivity index (χ1n) is 6.04. The number of anilines is 1. The first kappa shape index (κ1) is 13.8. The van der Waals surface area contributed by atoms with E-state index in [9.17, 15) is 5.11 Å². The van der Waals surface area contributed by atoms with E-state index in [-0.39, 0.29) is 5.75 Å². The Kier molecular flexibility index (Phi) is 5.80. The van der Waals surface area contributed by atoms with Crippen molar-refractivity contribution in [3.05, 3.63) is 23.8 Å². The number of likely N-dealkylation sites (N-methyl/N-ethyl adjacent to an activating group) is 1. The van der Waals surface area contributed by atoms with Crippen LogP contribution in [0.3, 0.4) is 0 Å². The summed E-state index contributed by atoms with van der Waals surface area (Å²) in [6.45, 7) is 8.32. The third kappa shape index (κ3) is 4.63. The minimum absolute atomic E-state index is 0.145. The van der Waals surface area contributed by atoms with Crippen LogP contribution in [0.25, 0.3) is 0 Å². The van der Waals surface area contributed by atoms with Crippen molar-refractivity contribution < 1.29 is 9.84 Å². The Labute approximate surface area is 103 Å². The summed E-state index contributed by atoms with van der Waals surface area (Å²) in [4.78, 5) is 2.28. The molecule has 0 heterocycles. The highest BCUT2D eigenvalue weighted by Crippen LogP contribution is 2.21. The van der Waals surface area contributed by atoms with Crippen LogP contribution < -0.4 is 5.73 Å². The van der Waals surface area contributed by atoms with Crippen molar-refractivity contribution in [1.82, 2.24) is 4.90 Å². The molecule has 0 spiro atoms. The zero-order valence-corrected chi connectivity index (χ0v) is 10.6. The molecule has 0 unspecified atom stereocenters. The average Bonchev–Trinajstić information content (AvgIpc) is 2.32. The standard InChI is InChI=1S/C13H22N2O2/c1-3-15(7-8-17-4-2)10-11-5-6-13(16)12(14)9-11/h5-6,9,16H,3-4,7-8,10,14H2,1-2H3. The van der Waals surface area contributed by atoms with Crippen LogP contribution in [0.1, 0.15) is 19.4 Å². The largest absolute Gasteiger partial charge is 0.506 e. The minimum atomic E-state index is 0.145. The number of hydrogen-bond acceptors (Lipinski definition) is 4. The maximum Gasteiger partial charge on any atom is 0.138 e. The number of hydrogen-bond donors (Lipinski definition) is 2. The van der Waals surface area contributed by atoms with Crippen molar-refractivity contribution in [3.63, 3.8) is 0 Å². The molecule has 0 radical (unpaired) electrons. The lowest BCUT2D eigenvalue weighted by atomic mass is 10.2. The van der Waals surface area contributed by atoms with Crippen molar-refractivity contribution >= 4 is 5.69 Å². The summed E-state index contributed by atoms with van der Waals surface area (Å²) in [6.07, 6.45) is 0. The highest BCUT2D eigenvalue weighted by atomic mass is 16.5. The minimum Gasteiger partial charge on any atom is -0.506 e. The van der Waals surface area contributed by atoms with Crippen LogP contribution >= 0.6 is 0 Å². The van der Waals surface area contributed by atoms with Crippen LogP contribution in [0.5, 0.6) is 5.75 Å². The zero-order valence-electron chi connectivity index (χ0n) is 10.6. The fraction of sp³-hybridized carbons (Fsp3) is 0.538. The van der Waals surface area contributed by atoms with Gasteiger partial charge < -0.3 is 15.6 Å². The zero-order chi connectivity index (χ0) is 12.7. The van der Waals surface area contributed by atoms with Gasteiger partial charge in [0.1, 0.15) is 5.75 Å². The molecule has 1 aromatic rings. The van der Waals surface area contributed by atoms with E-state index in [1.165, 1.54) is 0 Å². The topological polar surface area (TPSA) is 58.7 Å². The number of ether oxygens (including phenoxy) is 1. The summed E-state index contributed by atoms with van der Waals surface area (Å²) in [6, 6.07) is 5.36. The van der Waals surface area contributed by atoms with Gasteiger partial charge in [-0.25, -0.2) is 0 Å². The summed E-state index contributed by atoms with van der Waals surface area (Å²) < 4.78 is 5.34. The highest BCUT2D eigenvalue weighted by molar-refractivity contribution is 5.53. The van der Waals surface area contributed by atoms with E-state index in [2.05, 4.69) is 11.8 Å². The van der Waals surface area contributed by atoms with E-state index in [4.69, 9.17) is 10.5 Å². The maximum atomic E-state index is 9.35. The second kappa shape index (κ2) is 7.14. The number of phenolic OH excluding ortho intramolecular Hbond substituents is 1. The lowest BCUT2D eigenvalue weighted by Gasteiger charge is -2.20. The normalized spacial score (nSPS) is 11.0. The first-order valence-corrected chi connectivity index (χ1v) is 6.04. The Morgan fingerprint density at radius 1 is 1.35 bits per heavy atom. The molecular weight excluding hydrogens is 216 g/mol. The molecular formula is C13H22N2O2. The summed E-state index contributed by atoms with van der Waals surface area (Å²) in [5.41, 5.74) is 7.21. The van der Waals surface area contributed by atoms with E-state index in [0.29, 0.717) is 5.69 Å². The van der Waals surface area contributed by atoms with Crippen molar-refractivity contribution in [2.45, 2.75) is 20.4 Å². The fourth-order valence-corrected chi connectivity index (χ4v) is 1.65. The molecule has 0 atom stereocenters. The molecule has 0 saturated heterocycles. The van der Waals surface area contributed by atoms with Gasteiger partial charge in [0.05, 0.1) is 12.3 Å². The van der Waals surface area contributed by atoms with Gasteiger partial charge in [0.15, 0.2) is 0 Å². The van der Waals surface area contributed by atoms with E-state index in [0.717, 1.165) is 38.4 Å². The van der Waals surface area contributed by atoms with Crippen LogP contribution in [0.15, 0.2) is 18.2 Å². The maximum absolute atomic E-state index is 9.35. The number of benzene rings is 1. The Balaban J connectivity index is 2.51. The Hall–Kier alpha value is -1.26. The second-order valence-electron chi connectivity index (χ2n) is 3.96. The Morgan fingerprint density at radius 2 is 2.12 bits per heavy atom. The van der Waals surface area contributed by atoms with E-state index in [1.54, 1.807) is 6.07 Å². The molecule has 3 N–H and O–H groups in total. The van der Waals surface area contributed by atoms with E-state index in [1.807, 2.05) is 19.1 Å². The molecule has 0 aromatic heterocycles. The smallest absolute Gasteiger partial charge is 0.138 e. The van der Waals surface area contributed by atoms with Gasteiger partial charge in [-0.15, -0.1) is 0 Å². The lowest BCUT2D eigenvalue weighted by Crippen LogP contribution is -2.27. The molecule has 0 saturated carbocycles. The quantitative estimate of drug-likeness (QED) is 0.432. The molecule has 0 aliphatic rings. The SMILES string of the molecule is CCOCCN(CC)Cc1ccc(O)c(N)c1. The molecule has 0 aliphatic heterocycles. The monoisotopic (exact) mass is 238 g/mol. The van der Waals surface area contributed by atoms with Gasteiger partial charge >= 0.3 is 0 Å². The van der Waals surface area contributed by atoms with Crippen LogP contribution in [-0.2, 0) is 11.3 Å². The fourth-order valence-electron chi connectivity index (χ4n) is 1.65. The van der Waals surface area contributed by atoms with Crippen molar-refractivity contribution in [2.24, 2.45) is 0 Å². The van der Waals surface area contributed by atoms with Gasteiger partial charge in [0, 0.05) is 19.7 Å². The van der Waals surface area contributed by atoms with E-state index < -0.39 is 0 Å². The first-order chi connectivity index (χ1) is 8.17. The van der Waals surface area contributed by atoms with Crippen LogP contribution in [0.4, 0.5) is 5.69 Å². The van der Waals surface area contributed by atoms with Gasteiger partial charge in [-0.3, -0.25) is 4.90 Å². The number of rotatable bonds is 7. The number of nitrogens with zero attached hydrogens (tertiary/aromatic N) is 1. The molecule has 0 fully saturated rings. The van der Waals surface area contributed by atoms with Crippen LogP contribution in [0.2, 0.25) is 0 Å². The van der Waals surface area contributed by atoms with Crippen molar-refractivity contribution in [3.8, 4) is 5.75 Å². The van der Waals surface area contributed by atoms with Gasteiger partial charge in [0.25, 0.3) is 0 Å². The predicted octanol–water partition coefficient (Wildman–Crippen LogP) is 1.83. The molecule has 4 nitrogen and oxygen atoms in total. The van der Waals surface area contributed by atoms with Gasteiger partial charge in [0.2, 0.25) is 0 Å². The summed E-state index contributed by atoms with van der Waals surface area (Å²) in [5, 5.41) is 9.35. The highest BCUT2D eigenvalue weighted by Gasteiger charge is 2.05. The molecule has 0 bridgehead atoms. The van der Waals surface area contributed by atoms with Gasteiger partial charge in [-0.05, 0) is 31.2 Å². The summed E-state index contributed by atoms with van der Waals surface area (Å²) >= 11 is 0. The van der Waals surface area contributed by atoms with Gasteiger partial charge in [-0.2, -0.15) is 0 Å². The van der Waals surface area contributed by atoms with Crippen molar-refractivity contribution in [2.75, 3.05) is 32.0 Å². The summed E-state index contributed by atoms with van der Waals surface area (Å²) in [5.74, 6) is 0.145. The average molecular weight is 238 g/mol. The molecule has 17 heavy (non-hydrogen) atoms. The predicted molar refractivity (Wildman–Crippen MR) is 70.0 cm³/mol. The third-order valence-corrected chi connectivity index (χ3v) is 2.70. The van der Waals surface area contributed by atoms with Crippen molar-refractivity contribution in [1.29, 1.82) is 0 Å². The number of phenols is 1. The second-order valence-corrected chi connectivity index (χ2v) is 3.96. The third-order valence-electron chi connectivity index (χ3n) is 2.70. The number of nitrogen functional groups attached to an aromatic ring is 1. The molecule has 1 rings (SSSR count). The molecule has 0 aliphatic carbocycles. The molecule has 1 aromatic carbocycles. The number of aromatic hydroxyl groups is 1. The lowest BCUT2D eigenvalue weighted by molar-refractivity contribution is 0.113. The Bertz CT molecular complexity index is 342. The van der Waals surface area contributed by atoms with Gasteiger partial charge in [-0.1, -0.05) is 13.0 Å². The Morgan fingerprint density at radius 3 is 2.71 bits per heavy atom. The molecule has 96 valence electrons. The molecule has 0 amide bonds.